The van der Waals surface area contributed by atoms with E-state index in [4.69, 9.17) is 0 Å². The molecule has 9 heavy (non-hydrogen) atoms. The molecule has 0 saturated heterocycles. The van der Waals surface area contributed by atoms with Crippen LogP contribution in [0.25, 0.3) is 0 Å². The third kappa shape index (κ3) is 7.48. The van der Waals surface area contributed by atoms with Gasteiger partial charge in [-0.1, -0.05) is 37.6 Å². The van der Waals surface area contributed by atoms with Crippen molar-refractivity contribution < 1.29 is 0 Å². The number of allylic oxidation sites excluding steroid dienone is 4. The summed E-state index contributed by atoms with van der Waals surface area (Å²) in [4.78, 5) is 0. The molecular formula is C9H16. The first-order valence-electron chi connectivity index (χ1n) is 3.68. The summed E-state index contributed by atoms with van der Waals surface area (Å²) in [5.74, 6) is 0. The molecule has 0 fully saturated rings. The topological polar surface area (TPSA) is 0 Å². The van der Waals surface area contributed by atoms with Crippen molar-refractivity contribution >= 4 is 0 Å². The second-order valence-electron chi connectivity index (χ2n) is 2.06. The van der Waals surface area contributed by atoms with Gasteiger partial charge in [0, 0.05) is 0 Å². The molecule has 0 bridgehead atoms. The van der Waals surface area contributed by atoms with E-state index >= 15 is 0 Å². The number of hydrogen-bond acceptors (Lipinski definition) is 0. The van der Waals surface area contributed by atoms with Crippen LogP contribution in [0.2, 0.25) is 0 Å². The quantitative estimate of drug-likeness (QED) is 0.504. The van der Waals surface area contributed by atoms with E-state index in [1.807, 2.05) is 6.92 Å². The standard InChI is InChI=1S/C9H16/c1-3-5-7-9-8-6-4-2/h3,5,8-9H,4,6-7H2,1-2H3/b5-3+,9-8+. The van der Waals surface area contributed by atoms with Crippen molar-refractivity contribution in [2.75, 3.05) is 0 Å². The first kappa shape index (κ1) is 8.48. The first-order valence-corrected chi connectivity index (χ1v) is 3.68. The van der Waals surface area contributed by atoms with E-state index in [9.17, 15) is 0 Å². The highest BCUT2D eigenvalue weighted by molar-refractivity contribution is 4.90. The number of hydrogen-bond donors (Lipinski definition) is 0. The van der Waals surface area contributed by atoms with E-state index in [2.05, 4.69) is 31.2 Å². The second-order valence-corrected chi connectivity index (χ2v) is 2.06. The molecule has 0 aliphatic carbocycles. The maximum Gasteiger partial charge on any atom is -0.0169 e. The molecule has 52 valence electrons. The van der Waals surface area contributed by atoms with E-state index in [0.29, 0.717) is 0 Å². The SMILES string of the molecule is C/C=C/C/C=C/CCC. The van der Waals surface area contributed by atoms with Crippen LogP contribution in [0, 0.1) is 0 Å². The van der Waals surface area contributed by atoms with Gasteiger partial charge in [-0.3, -0.25) is 0 Å². The zero-order valence-corrected chi connectivity index (χ0v) is 6.43. The smallest absolute Gasteiger partial charge is 0.0169 e. The van der Waals surface area contributed by atoms with Crippen molar-refractivity contribution in [2.45, 2.75) is 33.1 Å². The molecule has 0 heteroatoms. The van der Waals surface area contributed by atoms with E-state index < -0.39 is 0 Å². The van der Waals surface area contributed by atoms with E-state index in [0.717, 1.165) is 6.42 Å². The Morgan fingerprint density at radius 2 is 1.89 bits per heavy atom. The molecule has 0 aromatic heterocycles. The van der Waals surface area contributed by atoms with Gasteiger partial charge in [0.2, 0.25) is 0 Å². The fourth-order valence-corrected chi connectivity index (χ4v) is 0.595. The van der Waals surface area contributed by atoms with E-state index in [-0.39, 0.29) is 0 Å². The monoisotopic (exact) mass is 124 g/mol. The molecule has 0 aromatic rings. The molecule has 0 aliphatic rings. The predicted molar refractivity (Wildman–Crippen MR) is 43.5 cm³/mol. The van der Waals surface area contributed by atoms with Crippen molar-refractivity contribution in [1.29, 1.82) is 0 Å². The maximum atomic E-state index is 2.24. The third-order valence-electron chi connectivity index (χ3n) is 1.13. The minimum atomic E-state index is 1.09. The second kappa shape index (κ2) is 7.48. The Hall–Kier alpha value is -0.520. The Morgan fingerprint density at radius 1 is 1.11 bits per heavy atom. The molecule has 0 spiro atoms. The van der Waals surface area contributed by atoms with Gasteiger partial charge in [-0.15, -0.1) is 0 Å². The maximum absolute atomic E-state index is 2.24. The molecule has 0 aromatic carbocycles. The van der Waals surface area contributed by atoms with Crippen LogP contribution in [0.3, 0.4) is 0 Å². The van der Waals surface area contributed by atoms with Crippen LogP contribution in [0.1, 0.15) is 33.1 Å². The minimum Gasteiger partial charge on any atom is -0.0914 e. The Kier molecular flexibility index (Phi) is 7.05. The number of unbranched alkanes of at least 4 members (excludes halogenated alkanes) is 1. The summed E-state index contributed by atoms with van der Waals surface area (Å²) in [6.45, 7) is 4.24. The highest BCUT2D eigenvalue weighted by Crippen LogP contribution is 1.91. The van der Waals surface area contributed by atoms with Gasteiger partial charge in [-0.25, -0.2) is 0 Å². The van der Waals surface area contributed by atoms with E-state index in [1.165, 1.54) is 12.8 Å². The largest absolute Gasteiger partial charge is 0.0914 e. The predicted octanol–water partition coefficient (Wildman–Crippen LogP) is 3.31. The molecule has 0 heterocycles. The molecule has 0 saturated carbocycles. The van der Waals surface area contributed by atoms with Gasteiger partial charge in [0.05, 0.1) is 0 Å². The Bertz CT molecular complexity index is 88.2. The first-order chi connectivity index (χ1) is 4.41. The molecule has 0 atom stereocenters. The summed E-state index contributed by atoms with van der Waals surface area (Å²) >= 11 is 0. The van der Waals surface area contributed by atoms with Gasteiger partial charge in [0.1, 0.15) is 0 Å². The molecule has 0 nitrogen and oxygen atoms in total. The summed E-state index contributed by atoms with van der Waals surface area (Å²) < 4.78 is 0. The fraction of sp³-hybridized carbons (Fsp3) is 0.556. The average Bonchev–Trinajstić information content (AvgIpc) is 1.89. The summed E-state index contributed by atoms with van der Waals surface area (Å²) in [5.41, 5.74) is 0. The zero-order valence-electron chi connectivity index (χ0n) is 6.43. The fourth-order valence-electron chi connectivity index (χ4n) is 0.595. The molecule has 0 amide bonds. The lowest BCUT2D eigenvalue weighted by Gasteiger charge is -1.81. The lowest BCUT2D eigenvalue weighted by molar-refractivity contribution is 0.954. The summed E-state index contributed by atoms with van der Waals surface area (Å²) in [5, 5.41) is 0. The van der Waals surface area contributed by atoms with Gasteiger partial charge in [0.15, 0.2) is 0 Å². The minimum absolute atomic E-state index is 1.09. The van der Waals surface area contributed by atoms with Crippen LogP contribution in [-0.4, -0.2) is 0 Å². The van der Waals surface area contributed by atoms with Crippen LogP contribution < -0.4 is 0 Å². The van der Waals surface area contributed by atoms with Gasteiger partial charge in [-0.05, 0) is 19.8 Å². The van der Waals surface area contributed by atoms with Gasteiger partial charge >= 0.3 is 0 Å². The zero-order chi connectivity index (χ0) is 6.95. The van der Waals surface area contributed by atoms with Gasteiger partial charge < -0.3 is 0 Å². The van der Waals surface area contributed by atoms with Crippen molar-refractivity contribution in [3.63, 3.8) is 0 Å². The normalized spacial score (nSPS) is 11.8. The van der Waals surface area contributed by atoms with Crippen molar-refractivity contribution in [3.8, 4) is 0 Å². The summed E-state index contributed by atoms with van der Waals surface area (Å²) in [7, 11) is 0. The van der Waals surface area contributed by atoms with Crippen LogP contribution in [-0.2, 0) is 0 Å². The lowest BCUT2D eigenvalue weighted by Crippen LogP contribution is -1.61. The van der Waals surface area contributed by atoms with Crippen molar-refractivity contribution in [1.82, 2.24) is 0 Å². The molecule has 0 radical (unpaired) electrons. The van der Waals surface area contributed by atoms with Crippen LogP contribution in [0.15, 0.2) is 24.3 Å². The van der Waals surface area contributed by atoms with Gasteiger partial charge in [-0.2, -0.15) is 0 Å². The van der Waals surface area contributed by atoms with Crippen LogP contribution in [0.5, 0.6) is 0 Å². The molecule has 0 unspecified atom stereocenters. The Morgan fingerprint density at radius 3 is 2.44 bits per heavy atom. The Balaban J connectivity index is 3.04. The van der Waals surface area contributed by atoms with Gasteiger partial charge in [0.25, 0.3) is 0 Å². The lowest BCUT2D eigenvalue weighted by atomic mass is 10.3. The summed E-state index contributed by atoms with van der Waals surface area (Å²) in [6.07, 6.45) is 12.3. The summed E-state index contributed by atoms with van der Waals surface area (Å²) in [6, 6.07) is 0. The van der Waals surface area contributed by atoms with Crippen molar-refractivity contribution in [3.05, 3.63) is 24.3 Å². The van der Waals surface area contributed by atoms with Crippen LogP contribution in [0.4, 0.5) is 0 Å². The number of rotatable bonds is 4. The molecular weight excluding hydrogens is 108 g/mol. The van der Waals surface area contributed by atoms with Crippen molar-refractivity contribution in [2.24, 2.45) is 0 Å². The molecule has 0 rings (SSSR count). The van der Waals surface area contributed by atoms with E-state index in [1.54, 1.807) is 0 Å². The molecule has 0 N–H and O–H groups in total. The highest BCUT2D eigenvalue weighted by atomic mass is 13.8. The van der Waals surface area contributed by atoms with Crippen LogP contribution >= 0.6 is 0 Å². The average molecular weight is 124 g/mol. The third-order valence-corrected chi connectivity index (χ3v) is 1.13. The molecule has 0 aliphatic heterocycles. The Labute approximate surface area is 58.3 Å². The highest BCUT2D eigenvalue weighted by Gasteiger charge is 1.70.